The van der Waals surface area contributed by atoms with E-state index < -0.39 is 42.1 Å². The Balaban J connectivity index is 1.26. The molecular formula is C28H34O8. The van der Waals surface area contributed by atoms with E-state index in [1.54, 1.807) is 20.1 Å². The molecule has 4 aliphatic carbocycles. The van der Waals surface area contributed by atoms with Crippen LogP contribution in [0, 0.1) is 23.7 Å². The van der Waals surface area contributed by atoms with E-state index in [0.29, 0.717) is 17.6 Å². The zero-order chi connectivity index (χ0) is 24.8. The van der Waals surface area contributed by atoms with E-state index in [2.05, 4.69) is 0 Å². The topological polar surface area (TPSA) is 107 Å². The zero-order valence-corrected chi connectivity index (χ0v) is 20.6. The fraction of sp³-hybridized carbons (Fsp3) is 0.643. The summed E-state index contributed by atoms with van der Waals surface area (Å²) in [4.78, 5) is 12.0. The van der Waals surface area contributed by atoms with E-state index >= 15 is 0 Å². The molecule has 6 atom stereocenters. The molecule has 4 bridgehead atoms. The monoisotopic (exact) mass is 498 g/mol. The molecule has 36 heavy (non-hydrogen) atoms. The molecule has 8 rings (SSSR count). The number of hydrogen-bond donors (Lipinski definition) is 3. The van der Waals surface area contributed by atoms with Gasteiger partial charge in [-0.15, -0.1) is 0 Å². The minimum absolute atomic E-state index is 0.407. The predicted octanol–water partition coefficient (Wildman–Crippen LogP) is 3.00. The Morgan fingerprint density at radius 2 is 1.58 bits per heavy atom. The molecule has 0 amide bonds. The molecule has 0 radical (unpaired) electrons. The molecule has 2 heterocycles. The van der Waals surface area contributed by atoms with Gasteiger partial charge in [0.05, 0.1) is 6.10 Å². The van der Waals surface area contributed by atoms with Gasteiger partial charge in [0.15, 0.2) is 5.60 Å². The molecular weight excluding hydrogens is 464 g/mol. The average Bonchev–Trinajstić information content (AvgIpc) is 2.86. The van der Waals surface area contributed by atoms with Gasteiger partial charge < -0.3 is 29.5 Å². The van der Waals surface area contributed by atoms with Crippen molar-refractivity contribution in [1.82, 2.24) is 0 Å². The molecule has 6 aliphatic rings. The second-order valence-corrected chi connectivity index (χ2v) is 11.6. The van der Waals surface area contributed by atoms with E-state index in [-0.39, 0.29) is 0 Å². The second-order valence-electron chi connectivity index (χ2n) is 11.6. The van der Waals surface area contributed by atoms with Gasteiger partial charge in [-0.3, -0.25) is 0 Å². The molecule has 6 unspecified atom stereocenters. The van der Waals surface area contributed by atoms with Crippen LogP contribution in [0.25, 0.3) is 10.8 Å². The lowest BCUT2D eigenvalue weighted by molar-refractivity contribution is -0.645. The molecule has 4 saturated carbocycles. The normalized spacial score (nSPS) is 47.3. The lowest BCUT2D eigenvalue weighted by atomic mass is 9.47. The molecule has 2 aromatic carbocycles. The zero-order valence-electron chi connectivity index (χ0n) is 20.6. The Kier molecular flexibility index (Phi) is 5.26. The first kappa shape index (κ1) is 23.3. The summed E-state index contributed by atoms with van der Waals surface area (Å²) >= 11 is 0. The van der Waals surface area contributed by atoms with Crippen molar-refractivity contribution >= 4 is 10.8 Å². The number of aliphatic hydroxyl groups excluding tert-OH is 3. The summed E-state index contributed by atoms with van der Waals surface area (Å²) in [5, 5.41) is 32.5. The second kappa shape index (κ2) is 8.11. The van der Waals surface area contributed by atoms with E-state index in [1.165, 1.54) is 6.42 Å². The third kappa shape index (κ3) is 3.01. The molecule has 2 aliphatic heterocycles. The summed E-state index contributed by atoms with van der Waals surface area (Å²) in [6.07, 6.45) is 0.237. The number of ether oxygens (including phenoxy) is 3. The van der Waals surface area contributed by atoms with E-state index in [1.807, 2.05) is 30.3 Å². The molecule has 194 valence electrons. The van der Waals surface area contributed by atoms with Gasteiger partial charge in [-0.2, -0.15) is 4.89 Å². The highest BCUT2D eigenvalue weighted by molar-refractivity contribution is 5.89. The third-order valence-electron chi connectivity index (χ3n) is 9.72. The summed E-state index contributed by atoms with van der Waals surface area (Å²) in [6.45, 7) is 1.64. The Hall–Kier alpha value is -1.78. The quantitative estimate of drug-likeness (QED) is 0.553. The smallest absolute Gasteiger partial charge is 0.260 e. The minimum atomic E-state index is -1.39. The van der Waals surface area contributed by atoms with Crippen molar-refractivity contribution in [3.8, 4) is 5.75 Å². The molecule has 0 aromatic heterocycles. The van der Waals surface area contributed by atoms with Crippen LogP contribution in [0.3, 0.4) is 0 Å². The summed E-state index contributed by atoms with van der Waals surface area (Å²) in [7, 11) is 1.70. The largest absolute Gasteiger partial charge is 0.461 e. The van der Waals surface area contributed by atoms with Crippen molar-refractivity contribution in [2.75, 3.05) is 7.11 Å². The maximum atomic E-state index is 10.5. The van der Waals surface area contributed by atoms with Gasteiger partial charge in [0.25, 0.3) is 5.79 Å². The third-order valence-corrected chi connectivity index (χ3v) is 9.72. The van der Waals surface area contributed by atoms with Gasteiger partial charge in [0.2, 0.25) is 6.29 Å². The van der Waals surface area contributed by atoms with Gasteiger partial charge in [-0.1, -0.05) is 24.3 Å². The highest BCUT2D eigenvalue weighted by Gasteiger charge is 2.76. The van der Waals surface area contributed by atoms with Crippen molar-refractivity contribution in [1.29, 1.82) is 0 Å². The number of fused-ring (bicyclic) bond motifs is 1. The van der Waals surface area contributed by atoms with E-state index in [0.717, 1.165) is 53.9 Å². The van der Waals surface area contributed by atoms with E-state index in [4.69, 9.17) is 24.0 Å². The summed E-state index contributed by atoms with van der Waals surface area (Å²) in [5.41, 5.74) is 0.387. The predicted molar refractivity (Wildman–Crippen MR) is 128 cm³/mol. The van der Waals surface area contributed by atoms with Gasteiger partial charge in [-0.25, -0.2) is 4.89 Å². The summed E-state index contributed by atoms with van der Waals surface area (Å²) < 4.78 is 18.0. The highest BCUT2D eigenvalue weighted by Crippen LogP contribution is 2.69. The first-order valence-corrected chi connectivity index (χ1v) is 13.2. The van der Waals surface area contributed by atoms with Crippen molar-refractivity contribution in [2.24, 2.45) is 23.7 Å². The number of aliphatic hydroxyl groups is 3. The SMILES string of the molecule is COC1(c2ccc3cccc(OC4OC(C)C(O)C(O)C4O)c3c2)OOC12C1CC3CC(C1)CC2C3. The molecule has 2 aromatic rings. The van der Waals surface area contributed by atoms with Crippen molar-refractivity contribution < 1.29 is 39.3 Å². The van der Waals surface area contributed by atoms with Crippen LogP contribution in [-0.2, 0) is 25.0 Å². The Labute approximate surface area is 210 Å². The first-order chi connectivity index (χ1) is 17.4. The molecule has 8 nitrogen and oxygen atoms in total. The molecule has 6 fully saturated rings. The summed E-state index contributed by atoms with van der Waals surface area (Å²) in [5.74, 6) is 1.89. The standard InChI is InChI=1S/C28H34O8/c1-14-23(29)24(30)25(31)26(33-14)34-22-5-3-4-17-6-7-18(13-21(17)22)28(32-2)27(35-36-28)19-9-15-8-16(11-19)12-20(27)10-15/h3-7,13-16,19-20,23-26,29-31H,8-12H2,1-2H3. The maximum Gasteiger partial charge on any atom is 0.260 e. The Morgan fingerprint density at radius 3 is 2.22 bits per heavy atom. The highest BCUT2D eigenvalue weighted by atomic mass is 17.3. The number of benzene rings is 2. The van der Waals surface area contributed by atoms with Crippen LogP contribution in [0.2, 0.25) is 0 Å². The molecule has 1 spiro atoms. The van der Waals surface area contributed by atoms with Crippen LogP contribution in [0.1, 0.15) is 44.6 Å². The molecule has 3 N–H and O–H groups in total. The minimum Gasteiger partial charge on any atom is -0.461 e. The summed E-state index contributed by atoms with van der Waals surface area (Å²) in [6, 6.07) is 11.7. The van der Waals surface area contributed by atoms with Gasteiger partial charge in [0, 0.05) is 18.1 Å². The van der Waals surface area contributed by atoms with Crippen LogP contribution in [0.4, 0.5) is 0 Å². The lowest BCUT2D eigenvalue weighted by Gasteiger charge is -2.68. The average molecular weight is 499 g/mol. The maximum absolute atomic E-state index is 10.5. The van der Waals surface area contributed by atoms with E-state index in [9.17, 15) is 15.3 Å². The van der Waals surface area contributed by atoms with Gasteiger partial charge in [-0.05, 0) is 80.2 Å². The number of rotatable bonds is 4. The van der Waals surface area contributed by atoms with Gasteiger partial charge in [0.1, 0.15) is 24.1 Å². The first-order valence-electron chi connectivity index (χ1n) is 13.2. The Morgan fingerprint density at radius 1 is 0.861 bits per heavy atom. The number of hydrogen-bond acceptors (Lipinski definition) is 8. The van der Waals surface area contributed by atoms with Crippen molar-refractivity contribution in [3.05, 3.63) is 42.0 Å². The fourth-order valence-corrected chi connectivity index (χ4v) is 8.14. The van der Waals surface area contributed by atoms with Crippen LogP contribution < -0.4 is 4.74 Å². The fourth-order valence-electron chi connectivity index (χ4n) is 8.14. The molecule has 8 heteroatoms. The number of methoxy groups -OCH3 is 1. The van der Waals surface area contributed by atoms with Crippen LogP contribution in [0.15, 0.2) is 36.4 Å². The Bertz CT molecular complexity index is 1140. The van der Waals surface area contributed by atoms with Crippen LogP contribution in [-0.4, -0.2) is 58.7 Å². The van der Waals surface area contributed by atoms with Crippen LogP contribution >= 0.6 is 0 Å². The van der Waals surface area contributed by atoms with Crippen molar-refractivity contribution in [3.63, 3.8) is 0 Å². The lowest BCUT2D eigenvalue weighted by Crippen LogP contribution is -2.76. The van der Waals surface area contributed by atoms with Crippen LogP contribution in [0.5, 0.6) is 5.75 Å². The van der Waals surface area contributed by atoms with Gasteiger partial charge >= 0.3 is 0 Å². The van der Waals surface area contributed by atoms with Crippen molar-refractivity contribution in [2.45, 2.75) is 81.1 Å². The molecule has 2 saturated heterocycles.